The van der Waals surface area contributed by atoms with Gasteiger partial charge in [-0.25, -0.2) is 4.79 Å². The number of carbonyl (C=O) groups excluding carboxylic acids is 1. The van der Waals surface area contributed by atoms with Gasteiger partial charge in [-0.05, 0) is 36.2 Å². The second-order valence-electron chi connectivity index (χ2n) is 6.15. The maximum absolute atomic E-state index is 12.4. The van der Waals surface area contributed by atoms with Gasteiger partial charge in [0.2, 0.25) is 5.91 Å². The number of benzene rings is 2. The van der Waals surface area contributed by atoms with Crippen molar-refractivity contribution >= 4 is 22.6 Å². The van der Waals surface area contributed by atoms with E-state index in [-0.39, 0.29) is 17.9 Å². The van der Waals surface area contributed by atoms with Gasteiger partial charge >= 0.3 is 5.69 Å². The van der Waals surface area contributed by atoms with Crippen LogP contribution in [0.25, 0.3) is 11.0 Å². The molecule has 1 amide bonds. The molecule has 1 heterocycles. The first-order chi connectivity index (χ1) is 12.4. The van der Waals surface area contributed by atoms with E-state index in [4.69, 9.17) is 0 Å². The van der Waals surface area contributed by atoms with Crippen molar-refractivity contribution in [1.29, 1.82) is 5.26 Å². The normalized spacial score (nSPS) is 11.9. The van der Waals surface area contributed by atoms with E-state index in [0.29, 0.717) is 5.69 Å². The van der Waals surface area contributed by atoms with E-state index >= 15 is 0 Å². The van der Waals surface area contributed by atoms with Gasteiger partial charge in [0, 0.05) is 25.8 Å². The molecule has 3 aromatic rings. The van der Waals surface area contributed by atoms with Crippen LogP contribution in [0.15, 0.2) is 47.3 Å². The fourth-order valence-corrected chi connectivity index (χ4v) is 2.93. The van der Waals surface area contributed by atoms with Crippen molar-refractivity contribution in [2.24, 2.45) is 20.0 Å². The standard InChI is InChI=1S/C19H18N4O3/c1-22-16-7-6-12(9-17(16)23(2)19(22)26)8-13(11-20)18(25)21-14-4-3-5-15(24)10-14/h3-7,9-10,13,24H,8H2,1-2H3,(H,21,25)/t13-/m1/s1. The van der Waals surface area contributed by atoms with Crippen molar-refractivity contribution < 1.29 is 9.90 Å². The van der Waals surface area contributed by atoms with E-state index in [2.05, 4.69) is 5.32 Å². The summed E-state index contributed by atoms with van der Waals surface area (Å²) in [4.78, 5) is 24.4. The van der Waals surface area contributed by atoms with E-state index in [1.165, 1.54) is 16.7 Å². The van der Waals surface area contributed by atoms with Gasteiger partial charge in [0.15, 0.2) is 0 Å². The number of carbonyl (C=O) groups is 1. The maximum Gasteiger partial charge on any atom is 0.328 e. The summed E-state index contributed by atoms with van der Waals surface area (Å²) >= 11 is 0. The summed E-state index contributed by atoms with van der Waals surface area (Å²) in [6, 6.07) is 13.6. The largest absolute Gasteiger partial charge is 0.508 e. The quantitative estimate of drug-likeness (QED) is 0.750. The lowest BCUT2D eigenvalue weighted by atomic mass is 9.99. The van der Waals surface area contributed by atoms with Crippen LogP contribution in [0.3, 0.4) is 0 Å². The number of nitriles is 1. The highest BCUT2D eigenvalue weighted by Gasteiger charge is 2.19. The zero-order valence-corrected chi connectivity index (χ0v) is 14.4. The lowest BCUT2D eigenvalue weighted by molar-refractivity contribution is -0.118. The second kappa shape index (κ2) is 6.76. The Morgan fingerprint density at radius 3 is 2.62 bits per heavy atom. The first-order valence-electron chi connectivity index (χ1n) is 8.04. The number of anilines is 1. The number of imidazole rings is 1. The van der Waals surface area contributed by atoms with Gasteiger partial charge in [0.25, 0.3) is 0 Å². The fourth-order valence-electron chi connectivity index (χ4n) is 2.93. The number of fused-ring (bicyclic) bond motifs is 1. The number of phenolic OH excluding ortho intramolecular Hbond substituents is 1. The minimum absolute atomic E-state index is 0.0340. The Morgan fingerprint density at radius 1 is 1.19 bits per heavy atom. The molecule has 0 fully saturated rings. The number of hydrogen-bond donors (Lipinski definition) is 2. The Labute approximate surface area is 149 Å². The van der Waals surface area contributed by atoms with Crippen molar-refractivity contribution in [3.05, 3.63) is 58.5 Å². The summed E-state index contributed by atoms with van der Waals surface area (Å²) in [6.07, 6.45) is 0.222. The van der Waals surface area contributed by atoms with Crippen molar-refractivity contribution in [3.63, 3.8) is 0 Å². The third-order valence-corrected chi connectivity index (χ3v) is 4.36. The molecule has 0 aliphatic carbocycles. The van der Waals surface area contributed by atoms with Gasteiger partial charge in [-0.2, -0.15) is 5.26 Å². The van der Waals surface area contributed by atoms with E-state index in [1.54, 1.807) is 30.8 Å². The van der Waals surface area contributed by atoms with Crippen LogP contribution < -0.4 is 11.0 Å². The van der Waals surface area contributed by atoms with Gasteiger partial charge in [-0.3, -0.25) is 13.9 Å². The molecule has 0 unspecified atom stereocenters. The number of nitrogens with zero attached hydrogens (tertiary/aromatic N) is 3. The summed E-state index contributed by atoms with van der Waals surface area (Å²) in [5.41, 5.74) is 2.63. The van der Waals surface area contributed by atoms with Crippen LogP contribution >= 0.6 is 0 Å². The fraction of sp³-hybridized carbons (Fsp3) is 0.211. The average molecular weight is 350 g/mol. The molecule has 0 radical (unpaired) electrons. The molecule has 0 aliphatic heterocycles. The Bertz CT molecular complexity index is 1090. The molecule has 7 nitrogen and oxygen atoms in total. The number of phenols is 1. The highest BCUT2D eigenvalue weighted by Crippen LogP contribution is 2.19. The number of aromatic nitrogens is 2. The van der Waals surface area contributed by atoms with Gasteiger partial charge in [0.05, 0.1) is 17.1 Å². The molecule has 1 atom stereocenters. The minimum atomic E-state index is -0.893. The van der Waals surface area contributed by atoms with E-state index in [1.807, 2.05) is 24.3 Å². The molecule has 2 N–H and O–H groups in total. The van der Waals surface area contributed by atoms with Crippen molar-refractivity contribution in [1.82, 2.24) is 9.13 Å². The molecule has 0 saturated heterocycles. The van der Waals surface area contributed by atoms with Crippen LogP contribution in [-0.2, 0) is 25.3 Å². The van der Waals surface area contributed by atoms with Crippen LogP contribution in [0.4, 0.5) is 5.69 Å². The SMILES string of the molecule is Cn1c(=O)n(C)c2cc(C[C@H](C#N)C(=O)Nc3cccc(O)c3)ccc21. The Hall–Kier alpha value is -3.53. The third kappa shape index (κ3) is 3.17. The van der Waals surface area contributed by atoms with Crippen LogP contribution in [-0.4, -0.2) is 20.1 Å². The second-order valence-corrected chi connectivity index (χ2v) is 6.15. The Kier molecular flexibility index (Phi) is 4.50. The number of aryl methyl sites for hydroxylation is 2. The van der Waals surface area contributed by atoms with Crippen LogP contribution in [0.2, 0.25) is 0 Å². The highest BCUT2D eigenvalue weighted by atomic mass is 16.3. The molecule has 0 saturated carbocycles. The first kappa shape index (κ1) is 17.3. The Balaban J connectivity index is 1.83. The van der Waals surface area contributed by atoms with E-state index < -0.39 is 11.8 Å². The predicted molar refractivity (Wildman–Crippen MR) is 97.7 cm³/mol. The van der Waals surface area contributed by atoms with Crippen LogP contribution in [0.1, 0.15) is 5.56 Å². The lowest BCUT2D eigenvalue weighted by Crippen LogP contribution is -2.23. The molecule has 26 heavy (non-hydrogen) atoms. The third-order valence-electron chi connectivity index (χ3n) is 4.36. The van der Waals surface area contributed by atoms with Gasteiger partial charge < -0.3 is 10.4 Å². The smallest absolute Gasteiger partial charge is 0.328 e. The van der Waals surface area contributed by atoms with Gasteiger partial charge in [0.1, 0.15) is 11.7 Å². The van der Waals surface area contributed by atoms with Crippen LogP contribution in [0.5, 0.6) is 5.75 Å². The monoisotopic (exact) mass is 350 g/mol. The number of amides is 1. The van der Waals surface area contributed by atoms with Gasteiger partial charge in [-0.1, -0.05) is 12.1 Å². The molecule has 7 heteroatoms. The molecule has 0 bridgehead atoms. The molecule has 0 aliphatic rings. The van der Waals surface area contributed by atoms with Crippen molar-refractivity contribution in [3.8, 4) is 11.8 Å². The molecular formula is C19H18N4O3. The molecule has 1 aromatic heterocycles. The molecule has 132 valence electrons. The van der Waals surface area contributed by atoms with Crippen molar-refractivity contribution in [2.75, 3.05) is 5.32 Å². The average Bonchev–Trinajstić information content (AvgIpc) is 2.83. The summed E-state index contributed by atoms with van der Waals surface area (Å²) in [5, 5.41) is 21.5. The van der Waals surface area contributed by atoms with Crippen LogP contribution in [0, 0.1) is 17.2 Å². The zero-order chi connectivity index (χ0) is 18.8. The van der Waals surface area contributed by atoms with E-state index in [9.17, 15) is 20.0 Å². The number of nitrogens with one attached hydrogen (secondary N) is 1. The zero-order valence-electron chi connectivity index (χ0n) is 14.4. The molecule has 2 aromatic carbocycles. The van der Waals surface area contributed by atoms with Crippen molar-refractivity contribution in [2.45, 2.75) is 6.42 Å². The topological polar surface area (TPSA) is 100 Å². The lowest BCUT2D eigenvalue weighted by Gasteiger charge is -2.11. The summed E-state index contributed by atoms with van der Waals surface area (Å²) < 4.78 is 3.09. The highest BCUT2D eigenvalue weighted by molar-refractivity contribution is 5.94. The number of rotatable bonds is 4. The molecule has 3 rings (SSSR count). The number of aromatic hydroxyl groups is 1. The summed E-state index contributed by atoms with van der Waals surface area (Å²) in [7, 11) is 3.38. The Morgan fingerprint density at radius 2 is 1.92 bits per heavy atom. The minimum Gasteiger partial charge on any atom is -0.508 e. The maximum atomic E-state index is 12.4. The van der Waals surface area contributed by atoms with Gasteiger partial charge in [-0.15, -0.1) is 0 Å². The summed E-state index contributed by atoms with van der Waals surface area (Å²) in [6.45, 7) is 0. The molecular weight excluding hydrogens is 332 g/mol. The number of hydrogen-bond acceptors (Lipinski definition) is 4. The molecule has 0 spiro atoms. The summed E-state index contributed by atoms with van der Waals surface area (Å²) in [5.74, 6) is -1.30. The first-order valence-corrected chi connectivity index (χ1v) is 8.04. The van der Waals surface area contributed by atoms with E-state index in [0.717, 1.165) is 16.6 Å². The predicted octanol–water partition coefficient (Wildman–Crippen LogP) is 1.90.